The molecule has 1 fully saturated rings. The fraction of sp³-hybridized carbons (Fsp3) is 0.923. The predicted octanol–water partition coefficient (Wildman–Crippen LogP) is 1.49. The molecule has 3 atom stereocenters. The lowest BCUT2D eigenvalue weighted by atomic mass is 9.71. The van der Waals surface area contributed by atoms with E-state index in [2.05, 4.69) is 32.7 Å². The number of hydrogen-bond acceptors (Lipinski definition) is 1. The van der Waals surface area contributed by atoms with E-state index in [1.807, 2.05) is 0 Å². The van der Waals surface area contributed by atoms with Crippen molar-refractivity contribution in [2.45, 2.75) is 65.0 Å². The number of fused-ring (bicyclic) bond motifs is 1. The van der Waals surface area contributed by atoms with Gasteiger partial charge in [-0.25, -0.2) is 4.99 Å². The van der Waals surface area contributed by atoms with E-state index in [9.17, 15) is 0 Å². The van der Waals surface area contributed by atoms with Gasteiger partial charge < -0.3 is 4.74 Å². The first-order valence-electron chi connectivity index (χ1n) is 6.33. The van der Waals surface area contributed by atoms with Crippen LogP contribution >= 0.6 is 0 Å². The van der Waals surface area contributed by atoms with Crippen LogP contribution in [0.4, 0.5) is 0 Å². The van der Waals surface area contributed by atoms with Gasteiger partial charge in [0.25, 0.3) is 0 Å². The molecule has 1 aliphatic carbocycles. The SMILES string of the molecule is CCC1=[NH+]C(C)(C)C2CCC(C)CC2O1. The second-order valence-corrected chi connectivity index (χ2v) is 5.80. The Kier molecular flexibility index (Phi) is 2.78. The highest BCUT2D eigenvalue weighted by atomic mass is 16.5. The minimum Gasteiger partial charge on any atom is -0.444 e. The molecule has 1 heterocycles. The summed E-state index contributed by atoms with van der Waals surface area (Å²) in [6.07, 6.45) is 5.35. The Hall–Kier alpha value is -0.530. The number of nitrogens with one attached hydrogen (secondary N) is 1. The summed E-state index contributed by atoms with van der Waals surface area (Å²) in [5.74, 6) is 2.61. The zero-order chi connectivity index (χ0) is 11.1. The van der Waals surface area contributed by atoms with Crippen LogP contribution in [0, 0.1) is 11.8 Å². The third kappa shape index (κ3) is 2.04. The van der Waals surface area contributed by atoms with E-state index in [0.29, 0.717) is 12.0 Å². The molecule has 1 saturated carbocycles. The highest BCUT2D eigenvalue weighted by Crippen LogP contribution is 2.36. The van der Waals surface area contributed by atoms with Crippen molar-refractivity contribution < 1.29 is 9.73 Å². The molecule has 2 rings (SSSR count). The second kappa shape index (κ2) is 3.80. The van der Waals surface area contributed by atoms with E-state index < -0.39 is 0 Å². The highest BCUT2D eigenvalue weighted by Gasteiger charge is 2.47. The van der Waals surface area contributed by atoms with Gasteiger partial charge in [-0.05, 0) is 25.2 Å². The summed E-state index contributed by atoms with van der Waals surface area (Å²) in [7, 11) is 0. The Balaban J connectivity index is 2.21. The molecule has 0 aromatic heterocycles. The van der Waals surface area contributed by atoms with Crippen LogP contribution in [0.1, 0.15) is 53.4 Å². The molecule has 0 saturated heterocycles. The van der Waals surface area contributed by atoms with Crippen molar-refractivity contribution in [3.8, 4) is 0 Å². The molecule has 0 spiro atoms. The molecule has 0 radical (unpaired) electrons. The maximum absolute atomic E-state index is 6.05. The maximum atomic E-state index is 6.05. The Bertz CT molecular complexity index is 270. The van der Waals surface area contributed by atoms with Crippen LogP contribution in [0.5, 0.6) is 0 Å². The molecule has 3 unspecified atom stereocenters. The van der Waals surface area contributed by atoms with Crippen molar-refractivity contribution in [2.75, 3.05) is 0 Å². The van der Waals surface area contributed by atoms with Crippen molar-refractivity contribution in [2.24, 2.45) is 11.8 Å². The third-order valence-electron chi connectivity index (χ3n) is 4.06. The minimum atomic E-state index is 0.217. The first-order chi connectivity index (χ1) is 7.03. The van der Waals surface area contributed by atoms with Crippen LogP contribution in [-0.2, 0) is 4.74 Å². The monoisotopic (exact) mass is 210 g/mol. The summed E-state index contributed by atoms with van der Waals surface area (Å²) in [5.41, 5.74) is 0.217. The van der Waals surface area contributed by atoms with Crippen LogP contribution in [0.3, 0.4) is 0 Å². The molecule has 1 N–H and O–H groups in total. The van der Waals surface area contributed by atoms with Crippen LogP contribution in [0.2, 0.25) is 0 Å². The topological polar surface area (TPSA) is 23.2 Å². The lowest BCUT2D eigenvalue weighted by molar-refractivity contribution is -0.582. The quantitative estimate of drug-likeness (QED) is 0.696. The molecule has 0 aromatic carbocycles. The molecule has 0 amide bonds. The molecule has 1 aliphatic heterocycles. The standard InChI is InChI=1S/C13H23NO/c1-5-12-14-13(3,4)10-7-6-9(2)8-11(10)15-12/h9-11H,5-8H2,1-4H3/p+1. The van der Waals surface area contributed by atoms with Gasteiger partial charge in [-0.15, -0.1) is 0 Å². The van der Waals surface area contributed by atoms with Gasteiger partial charge in [0.1, 0.15) is 6.10 Å². The predicted molar refractivity (Wildman–Crippen MR) is 61.7 cm³/mol. The lowest BCUT2D eigenvalue weighted by Gasteiger charge is -2.41. The Morgan fingerprint density at radius 1 is 1.40 bits per heavy atom. The molecule has 2 heteroatoms. The Morgan fingerprint density at radius 2 is 2.13 bits per heavy atom. The molecular weight excluding hydrogens is 186 g/mol. The molecule has 0 aromatic rings. The van der Waals surface area contributed by atoms with Gasteiger partial charge in [0.15, 0.2) is 5.54 Å². The zero-order valence-electron chi connectivity index (χ0n) is 10.5. The van der Waals surface area contributed by atoms with Gasteiger partial charge in [0, 0.05) is 13.8 Å². The van der Waals surface area contributed by atoms with E-state index in [4.69, 9.17) is 4.74 Å². The normalized spacial score (nSPS) is 38.9. The number of ether oxygens (including phenoxy) is 1. The van der Waals surface area contributed by atoms with E-state index >= 15 is 0 Å². The fourth-order valence-corrected chi connectivity index (χ4v) is 3.12. The first-order valence-corrected chi connectivity index (χ1v) is 6.33. The fourth-order valence-electron chi connectivity index (χ4n) is 3.12. The maximum Gasteiger partial charge on any atom is 0.335 e. The van der Waals surface area contributed by atoms with Crippen LogP contribution in [0.25, 0.3) is 0 Å². The molecule has 0 bridgehead atoms. The number of rotatable bonds is 1. The van der Waals surface area contributed by atoms with Crippen LogP contribution in [0.15, 0.2) is 0 Å². The smallest absolute Gasteiger partial charge is 0.335 e. The number of hydrogen-bond donors (Lipinski definition) is 1. The minimum absolute atomic E-state index is 0.217. The first kappa shape index (κ1) is 11.0. The molecule has 2 nitrogen and oxygen atoms in total. The summed E-state index contributed by atoms with van der Waals surface area (Å²) in [5, 5.41) is 0. The summed E-state index contributed by atoms with van der Waals surface area (Å²) < 4.78 is 6.05. The van der Waals surface area contributed by atoms with Gasteiger partial charge >= 0.3 is 5.90 Å². The van der Waals surface area contributed by atoms with Gasteiger partial charge in [0.2, 0.25) is 0 Å². The van der Waals surface area contributed by atoms with Gasteiger partial charge in [0.05, 0.1) is 12.3 Å². The molecule has 15 heavy (non-hydrogen) atoms. The van der Waals surface area contributed by atoms with E-state index in [0.717, 1.165) is 18.2 Å². The van der Waals surface area contributed by atoms with Crippen molar-refractivity contribution in [1.82, 2.24) is 0 Å². The van der Waals surface area contributed by atoms with Gasteiger partial charge in [-0.3, -0.25) is 0 Å². The summed E-state index contributed by atoms with van der Waals surface area (Å²) in [6, 6.07) is 0. The van der Waals surface area contributed by atoms with E-state index in [1.54, 1.807) is 0 Å². The largest absolute Gasteiger partial charge is 0.444 e. The van der Waals surface area contributed by atoms with Gasteiger partial charge in [-0.2, -0.15) is 0 Å². The molecular formula is C13H24NO+. The van der Waals surface area contributed by atoms with Crippen LogP contribution in [-0.4, -0.2) is 17.5 Å². The van der Waals surface area contributed by atoms with Crippen molar-refractivity contribution >= 4 is 5.90 Å². The van der Waals surface area contributed by atoms with Crippen LogP contribution < -0.4 is 4.99 Å². The zero-order valence-corrected chi connectivity index (χ0v) is 10.5. The highest BCUT2D eigenvalue weighted by molar-refractivity contribution is 5.70. The second-order valence-electron chi connectivity index (χ2n) is 5.80. The third-order valence-corrected chi connectivity index (χ3v) is 4.06. The van der Waals surface area contributed by atoms with Crippen molar-refractivity contribution in [3.05, 3.63) is 0 Å². The van der Waals surface area contributed by atoms with Crippen molar-refractivity contribution in [3.63, 3.8) is 0 Å². The molecule has 86 valence electrons. The van der Waals surface area contributed by atoms with Gasteiger partial charge in [-0.1, -0.05) is 13.8 Å². The molecule has 2 aliphatic rings. The Morgan fingerprint density at radius 3 is 2.80 bits per heavy atom. The van der Waals surface area contributed by atoms with E-state index in [-0.39, 0.29) is 5.54 Å². The lowest BCUT2D eigenvalue weighted by Crippen LogP contribution is -2.91. The summed E-state index contributed by atoms with van der Waals surface area (Å²) in [6.45, 7) is 9.14. The average Bonchev–Trinajstić information content (AvgIpc) is 2.15. The summed E-state index contributed by atoms with van der Waals surface area (Å²) in [4.78, 5) is 3.55. The Labute approximate surface area is 93.1 Å². The average molecular weight is 210 g/mol. The van der Waals surface area contributed by atoms with Crippen molar-refractivity contribution in [1.29, 1.82) is 0 Å². The van der Waals surface area contributed by atoms with E-state index in [1.165, 1.54) is 19.3 Å². The summed E-state index contributed by atoms with van der Waals surface area (Å²) >= 11 is 0.